The van der Waals surface area contributed by atoms with Gasteiger partial charge in [-0.2, -0.15) is 5.10 Å². The first-order valence-electron chi connectivity index (χ1n) is 8.17. The highest BCUT2D eigenvalue weighted by atomic mass is 16.4. The van der Waals surface area contributed by atoms with Crippen LogP contribution in [0.25, 0.3) is 22.6 Å². The van der Waals surface area contributed by atoms with Gasteiger partial charge in [-0.15, -0.1) is 0 Å². The molecule has 25 heavy (non-hydrogen) atoms. The minimum atomic E-state index is -0.925. The Morgan fingerprint density at radius 1 is 1.36 bits per heavy atom. The first-order chi connectivity index (χ1) is 12.0. The Bertz CT molecular complexity index is 928. The third-order valence-corrected chi connectivity index (χ3v) is 4.32. The van der Waals surface area contributed by atoms with E-state index in [0.717, 1.165) is 23.6 Å². The molecule has 0 saturated carbocycles. The Kier molecular flexibility index (Phi) is 4.39. The quantitative estimate of drug-likeness (QED) is 0.702. The molecule has 1 unspecified atom stereocenters. The van der Waals surface area contributed by atoms with Crippen LogP contribution in [-0.4, -0.2) is 46.4 Å². The zero-order valence-electron chi connectivity index (χ0n) is 14.7. The van der Waals surface area contributed by atoms with Crippen molar-refractivity contribution in [1.29, 1.82) is 0 Å². The molecule has 0 aliphatic carbocycles. The molecule has 2 N–H and O–H groups in total. The molecule has 0 aromatic carbocycles. The number of aryl methyl sites for hydroxylation is 2. The summed E-state index contributed by atoms with van der Waals surface area (Å²) in [6.45, 7) is 6.60. The van der Waals surface area contributed by atoms with E-state index >= 15 is 0 Å². The fraction of sp³-hybridized carbons (Fsp3) is 0.438. The highest BCUT2D eigenvalue weighted by Gasteiger charge is 2.21. The maximum Gasteiger partial charge on any atom is 0.326 e. The van der Waals surface area contributed by atoms with E-state index in [1.165, 1.54) is 6.33 Å². The number of carboxylic acids is 1. The fourth-order valence-electron chi connectivity index (χ4n) is 2.83. The van der Waals surface area contributed by atoms with Gasteiger partial charge in [0.2, 0.25) is 0 Å². The number of hydrogen-bond donors (Lipinski definition) is 2. The Labute approximate surface area is 144 Å². The van der Waals surface area contributed by atoms with Crippen LogP contribution in [0.4, 0.5) is 5.82 Å². The molecule has 9 heteroatoms. The molecule has 0 fully saturated rings. The lowest BCUT2D eigenvalue weighted by molar-refractivity contribution is -0.137. The number of aromatic nitrogens is 6. The van der Waals surface area contributed by atoms with E-state index in [0.29, 0.717) is 23.4 Å². The molecule has 0 radical (unpaired) electrons. The van der Waals surface area contributed by atoms with Crippen molar-refractivity contribution in [2.45, 2.75) is 39.8 Å². The lowest BCUT2D eigenvalue weighted by Crippen LogP contribution is -2.28. The molecule has 132 valence electrons. The second kappa shape index (κ2) is 6.50. The molecule has 3 aromatic heterocycles. The van der Waals surface area contributed by atoms with Gasteiger partial charge < -0.3 is 15.0 Å². The monoisotopic (exact) mass is 343 g/mol. The fourth-order valence-corrected chi connectivity index (χ4v) is 2.83. The van der Waals surface area contributed by atoms with E-state index in [9.17, 15) is 9.90 Å². The van der Waals surface area contributed by atoms with Crippen molar-refractivity contribution in [2.75, 3.05) is 5.32 Å². The topological polar surface area (TPSA) is 111 Å². The zero-order valence-corrected chi connectivity index (χ0v) is 14.7. The molecule has 0 aliphatic heterocycles. The average Bonchev–Trinajstić information content (AvgIpc) is 3.13. The Hall–Kier alpha value is -2.97. The molecule has 3 rings (SSSR count). The number of carbonyl (C=O) groups is 1. The van der Waals surface area contributed by atoms with Crippen LogP contribution >= 0.6 is 0 Å². The van der Waals surface area contributed by atoms with Crippen molar-refractivity contribution in [2.24, 2.45) is 7.05 Å². The van der Waals surface area contributed by atoms with Gasteiger partial charge in [-0.05, 0) is 20.3 Å². The van der Waals surface area contributed by atoms with E-state index < -0.39 is 12.0 Å². The lowest BCUT2D eigenvalue weighted by Gasteiger charge is -2.12. The number of imidazole rings is 1. The van der Waals surface area contributed by atoms with Gasteiger partial charge in [-0.25, -0.2) is 19.7 Å². The largest absolute Gasteiger partial charge is 0.480 e. The summed E-state index contributed by atoms with van der Waals surface area (Å²) in [6, 6.07) is -0.729. The molecule has 3 aromatic rings. The van der Waals surface area contributed by atoms with Crippen molar-refractivity contribution in [1.82, 2.24) is 29.3 Å². The number of nitrogens with one attached hydrogen (secondary N) is 1. The summed E-state index contributed by atoms with van der Waals surface area (Å²) in [7, 11) is 1.87. The molecule has 0 spiro atoms. The van der Waals surface area contributed by atoms with Gasteiger partial charge in [0, 0.05) is 19.3 Å². The van der Waals surface area contributed by atoms with Crippen molar-refractivity contribution in [3.05, 3.63) is 18.2 Å². The summed E-state index contributed by atoms with van der Waals surface area (Å²) in [5.74, 6) is 0.214. The summed E-state index contributed by atoms with van der Waals surface area (Å²) < 4.78 is 3.77. The maximum atomic E-state index is 11.3. The highest BCUT2D eigenvalue weighted by molar-refractivity contribution is 5.88. The van der Waals surface area contributed by atoms with E-state index in [2.05, 4.69) is 25.4 Å². The molecule has 9 nitrogen and oxygen atoms in total. The van der Waals surface area contributed by atoms with Crippen LogP contribution in [0.2, 0.25) is 0 Å². The Morgan fingerprint density at radius 3 is 2.72 bits per heavy atom. The zero-order chi connectivity index (χ0) is 18.1. The summed E-state index contributed by atoms with van der Waals surface area (Å²) in [6.07, 6.45) is 3.63. The van der Waals surface area contributed by atoms with Crippen molar-refractivity contribution < 1.29 is 9.90 Å². The third-order valence-electron chi connectivity index (χ3n) is 4.32. The van der Waals surface area contributed by atoms with Crippen molar-refractivity contribution in [3.8, 4) is 11.4 Å². The summed E-state index contributed by atoms with van der Waals surface area (Å²) in [5.41, 5.74) is 3.11. The number of carboxylic acid groups (broad SMARTS) is 1. The molecule has 3 heterocycles. The van der Waals surface area contributed by atoms with Gasteiger partial charge in [-0.3, -0.25) is 4.68 Å². The van der Waals surface area contributed by atoms with E-state index in [4.69, 9.17) is 0 Å². The molecular formula is C16H21N7O2. The van der Waals surface area contributed by atoms with Gasteiger partial charge in [0.1, 0.15) is 18.2 Å². The molecular weight excluding hydrogens is 322 g/mol. The van der Waals surface area contributed by atoms with E-state index in [1.54, 1.807) is 13.1 Å². The maximum absolute atomic E-state index is 11.3. The smallest absolute Gasteiger partial charge is 0.326 e. The lowest BCUT2D eigenvalue weighted by atomic mass is 10.2. The van der Waals surface area contributed by atoms with Gasteiger partial charge in [0.25, 0.3) is 0 Å². The second-order valence-electron chi connectivity index (χ2n) is 5.79. The van der Waals surface area contributed by atoms with Crippen molar-refractivity contribution in [3.63, 3.8) is 0 Å². The number of aliphatic carboxylic acids is 1. The second-order valence-corrected chi connectivity index (χ2v) is 5.79. The summed E-state index contributed by atoms with van der Waals surface area (Å²) in [5, 5.41) is 16.6. The molecule has 0 aliphatic rings. The molecule has 0 amide bonds. The standard InChI is InChI=1S/C16H21N7O2/c1-5-11(16(24)25)20-13-12-15(18-8-17-13)22(4)14(21-12)10-7-19-23(6-2)9(10)3/h7-8,11H,5-6H2,1-4H3,(H,24,25)(H,17,18,20). The first kappa shape index (κ1) is 16.9. The predicted molar refractivity (Wildman–Crippen MR) is 93.3 cm³/mol. The predicted octanol–water partition coefficient (Wildman–Crippen LogP) is 1.83. The summed E-state index contributed by atoms with van der Waals surface area (Å²) in [4.78, 5) is 24.5. The normalized spacial score (nSPS) is 12.5. The Balaban J connectivity index is 2.11. The van der Waals surface area contributed by atoms with E-state index in [1.807, 2.05) is 30.1 Å². The highest BCUT2D eigenvalue weighted by Crippen LogP contribution is 2.28. The van der Waals surface area contributed by atoms with Gasteiger partial charge in [0.15, 0.2) is 17.0 Å². The number of anilines is 1. The Morgan fingerprint density at radius 2 is 2.12 bits per heavy atom. The number of fused-ring (bicyclic) bond motifs is 1. The van der Waals surface area contributed by atoms with Crippen molar-refractivity contribution >= 4 is 23.0 Å². The summed E-state index contributed by atoms with van der Waals surface area (Å²) >= 11 is 0. The minimum Gasteiger partial charge on any atom is -0.480 e. The minimum absolute atomic E-state index is 0.418. The average molecular weight is 343 g/mol. The van der Waals surface area contributed by atoms with Gasteiger partial charge >= 0.3 is 5.97 Å². The van der Waals surface area contributed by atoms with Crippen LogP contribution in [0.3, 0.4) is 0 Å². The van der Waals surface area contributed by atoms with Crippen LogP contribution in [0.1, 0.15) is 26.0 Å². The SMILES string of the molecule is CCC(Nc1ncnc2c1nc(-c1cnn(CC)c1C)n2C)C(=O)O. The molecule has 1 atom stereocenters. The number of nitrogens with zero attached hydrogens (tertiary/aromatic N) is 6. The van der Waals surface area contributed by atoms with E-state index in [-0.39, 0.29) is 0 Å². The van der Waals surface area contributed by atoms with Crippen LogP contribution in [-0.2, 0) is 18.4 Å². The molecule has 0 saturated heterocycles. The van der Waals surface area contributed by atoms with Crippen LogP contribution < -0.4 is 5.32 Å². The van der Waals surface area contributed by atoms with Crippen LogP contribution in [0, 0.1) is 6.92 Å². The third kappa shape index (κ3) is 2.81. The number of rotatable bonds is 6. The van der Waals surface area contributed by atoms with Gasteiger partial charge in [-0.1, -0.05) is 6.92 Å². The van der Waals surface area contributed by atoms with Crippen LogP contribution in [0.5, 0.6) is 0 Å². The van der Waals surface area contributed by atoms with Crippen LogP contribution in [0.15, 0.2) is 12.5 Å². The molecule has 0 bridgehead atoms. The van der Waals surface area contributed by atoms with Gasteiger partial charge in [0.05, 0.1) is 11.8 Å². The number of hydrogen-bond acceptors (Lipinski definition) is 6. The first-order valence-corrected chi connectivity index (χ1v) is 8.17.